The summed E-state index contributed by atoms with van der Waals surface area (Å²) in [5.41, 5.74) is 0. The molecule has 0 spiro atoms. The standard InChI is InChI=1S/C14H25NO.C2H6/c1-4-12-7-9-13(10-8-12)11-15(6-3)14(16)5-2;1-2/h5,12-13H,2,4,6-11H2,1,3H3;1-2H3. The summed E-state index contributed by atoms with van der Waals surface area (Å²) in [5.74, 6) is 1.73. The van der Waals surface area contributed by atoms with Gasteiger partial charge in [-0.05, 0) is 37.7 Å². The molecule has 0 aromatic rings. The van der Waals surface area contributed by atoms with Gasteiger partial charge in [0.2, 0.25) is 5.91 Å². The van der Waals surface area contributed by atoms with Gasteiger partial charge in [0.1, 0.15) is 0 Å². The maximum Gasteiger partial charge on any atom is 0.245 e. The minimum absolute atomic E-state index is 0.0834. The highest BCUT2D eigenvalue weighted by Crippen LogP contribution is 2.30. The largest absolute Gasteiger partial charge is 0.339 e. The monoisotopic (exact) mass is 253 g/mol. The fourth-order valence-electron chi connectivity index (χ4n) is 2.64. The van der Waals surface area contributed by atoms with Crippen molar-refractivity contribution in [3.63, 3.8) is 0 Å². The second kappa shape index (κ2) is 10.2. The third-order valence-electron chi connectivity index (χ3n) is 3.89. The summed E-state index contributed by atoms with van der Waals surface area (Å²) in [6.45, 7) is 13.6. The second-order valence-corrected chi connectivity index (χ2v) is 4.88. The molecule has 1 aliphatic carbocycles. The van der Waals surface area contributed by atoms with Crippen LogP contribution in [0.5, 0.6) is 0 Å². The van der Waals surface area contributed by atoms with Crippen LogP contribution < -0.4 is 0 Å². The van der Waals surface area contributed by atoms with Gasteiger partial charge < -0.3 is 4.90 Å². The number of hydrogen-bond acceptors (Lipinski definition) is 1. The van der Waals surface area contributed by atoms with Crippen LogP contribution in [-0.4, -0.2) is 23.9 Å². The van der Waals surface area contributed by atoms with Crippen LogP contribution in [-0.2, 0) is 4.79 Å². The lowest BCUT2D eigenvalue weighted by molar-refractivity contribution is -0.126. The molecule has 1 rings (SSSR count). The average molecular weight is 253 g/mol. The van der Waals surface area contributed by atoms with Gasteiger partial charge in [-0.25, -0.2) is 0 Å². The Bertz CT molecular complexity index is 229. The first-order valence-corrected chi connectivity index (χ1v) is 7.62. The van der Waals surface area contributed by atoms with Crippen molar-refractivity contribution in [1.82, 2.24) is 4.90 Å². The first-order chi connectivity index (χ1) is 8.71. The van der Waals surface area contributed by atoms with Crippen molar-refractivity contribution in [3.8, 4) is 0 Å². The van der Waals surface area contributed by atoms with E-state index in [1.54, 1.807) is 0 Å². The summed E-state index contributed by atoms with van der Waals surface area (Å²) in [6.07, 6.45) is 8.03. The van der Waals surface area contributed by atoms with Gasteiger partial charge in [-0.3, -0.25) is 4.79 Å². The van der Waals surface area contributed by atoms with Gasteiger partial charge in [-0.1, -0.05) is 46.6 Å². The van der Waals surface area contributed by atoms with Crippen molar-refractivity contribution in [2.24, 2.45) is 11.8 Å². The first kappa shape index (κ1) is 17.2. The quantitative estimate of drug-likeness (QED) is 0.670. The van der Waals surface area contributed by atoms with Crippen LogP contribution in [0.1, 0.15) is 59.8 Å². The molecule has 0 aromatic heterocycles. The summed E-state index contributed by atoms with van der Waals surface area (Å²) in [7, 11) is 0. The molecule has 0 radical (unpaired) electrons. The van der Waals surface area contributed by atoms with Crippen LogP contribution in [0.3, 0.4) is 0 Å². The van der Waals surface area contributed by atoms with E-state index in [-0.39, 0.29) is 5.91 Å². The lowest BCUT2D eigenvalue weighted by Gasteiger charge is -2.31. The minimum Gasteiger partial charge on any atom is -0.339 e. The van der Waals surface area contributed by atoms with Crippen LogP contribution in [0.25, 0.3) is 0 Å². The van der Waals surface area contributed by atoms with Gasteiger partial charge in [-0.2, -0.15) is 0 Å². The third kappa shape index (κ3) is 5.70. The van der Waals surface area contributed by atoms with E-state index in [1.807, 2.05) is 25.7 Å². The van der Waals surface area contributed by atoms with Gasteiger partial charge in [0.05, 0.1) is 0 Å². The Kier molecular flexibility index (Phi) is 9.72. The molecule has 0 atom stereocenters. The Hall–Kier alpha value is -0.790. The molecule has 106 valence electrons. The number of nitrogens with zero attached hydrogens (tertiary/aromatic N) is 1. The lowest BCUT2D eigenvalue weighted by Crippen LogP contribution is -2.35. The molecule has 0 bridgehead atoms. The molecule has 0 unspecified atom stereocenters. The highest BCUT2D eigenvalue weighted by atomic mass is 16.2. The first-order valence-electron chi connectivity index (χ1n) is 7.62. The van der Waals surface area contributed by atoms with Crippen molar-refractivity contribution in [2.75, 3.05) is 13.1 Å². The zero-order valence-corrected chi connectivity index (χ0v) is 12.7. The van der Waals surface area contributed by atoms with Gasteiger partial charge in [-0.15, -0.1) is 0 Å². The number of carbonyl (C=O) groups is 1. The van der Waals surface area contributed by atoms with Crippen LogP contribution in [0.15, 0.2) is 12.7 Å². The highest BCUT2D eigenvalue weighted by molar-refractivity contribution is 5.86. The lowest BCUT2D eigenvalue weighted by atomic mass is 9.80. The Labute approximate surface area is 113 Å². The molecule has 2 heteroatoms. The molecule has 1 aliphatic rings. The normalized spacial score (nSPS) is 22.7. The van der Waals surface area contributed by atoms with Crippen LogP contribution in [0.2, 0.25) is 0 Å². The summed E-state index contributed by atoms with van der Waals surface area (Å²) >= 11 is 0. The van der Waals surface area contributed by atoms with E-state index in [9.17, 15) is 4.79 Å². The van der Waals surface area contributed by atoms with Gasteiger partial charge in [0, 0.05) is 13.1 Å². The Morgan fingerprint density at radius 1 is 1.17 bits per heavy atom. The molecule has 0 saturated heterocycles. The van der Waals surface area contributed by atoms with Gasteiger partial charge >= 0.3 is 0 Å². The molecular weight excluding hydrogens is 222 g/mol. The Balaban J connectivity index is 0.00000137. The number of amides is 1. The fourth-order valence-corrected chi connectivity index (χ4v) is 2.64. The fraction of sp³-hybridized carbons (Fsp3) is 0.812. The summed E-state index contributed by atoms with van der Waals surface area (Å²) in [5, 5.41) is 0. The SMILES string of the molecule is C=CC(=O)N(CC)CC1CCC(CC)CC1.CC. The molecule has 1 fully saturated rings. The molecule has 0 N–H and O–H groups in total. The minimum atomic E-state index is 0.0834. The van der Waals surface area contributed by atoms with Crippen LogP contribution in [0.4, 0.5) is 0 Å². The summed E-state index contributed by atoms with van der Waals surface area (Å²) in [6, 6.07) is 0. The average Bonchev–Trinajstić information content (AvgIpc) is 2.46. The van der Waals surface area contributed by atoms with Crippen molar-refractivity contribution in [3.05, 3.63) is 12.7 Å². The molecule has 2 nitrogen and oxygen atoms in total. The smallest absolute Gasteiger partial charge is 0.245 e. The summed E-state index contributed by atoms with van der Waals surface area (Å²) in [4.78, 5) is 13.5. The molecule has 1 amide bonds. The maximum atomic E-state index is 11.5. The topological polar surface area (TPSA) is 20.3 Å². The second-order valence-electron chi connectivity index (χ2n) is 4.88. The van der Waals surface area contributed by atoms with Crippen molar-refractivity contribution >= 4 is 5.91 Å². The van der Waals surface area contributed by atoms with Gasteiger partial charge in [0.25, 0.3) is 0 Å². The van der Waals surface area contributed by atoms with E-state index in [4.69, 9.17) is 0 Å². The van der Waals surface area contributed by atoms with E-state index >= 15 is 0 Å². The number of rotatable bonds is 5. The Morgan fingerprint density at radius 3 is 2.06 bits per heavy atom. The van der Waals surface area contributed by atoms with Crippen molar-refractivity contribution < 1.29 is 4.79 Å². The predicted octanol–water partition coefficient (Wildman–Crippen LogP) is 4.26. The van der Waals surface area contributed by atoms with Gasteiger partial charge in [0.15, 0.2) is 0 Å². The molecule has 0 aliphatic heterocycles. The predicted molar refractivity (Wildman–Crippen MR) is 79.5 cm³/mol. The van der Waals surface area contributed by atoms with E-state index in [0.717, 1.165) is 19.0 Å². The highest BCUT2D eigenvalue weighted by Gasteiger charge is 2.22. The number of carbonyl (C=O) groups excluding carboxylic acids is 1. The van der Waals surface area contributed by atoms with Crippen LogP contribution >= 0.6 is 0 Å². The van der Waals surface area contributed by atoms with E-state index in [1.165, 1.54) is 38.2 Å². The maximum absolute atomic E-state index is 11.5. The molecule has 0 heterocycles. The summed E-state index contributed by atoms with van der Waals surface area (Å²) < 4.78 is 0. The van der Waals surface area contributed by atoms with Crippen LogP contribution in [0, 0.1) is 11.8 Å². The zero-order valence-electron chi connectivity index (χ0n) is 12.7. The van der Waals surface area contributed by atoms with E-state index < -0.39 is 0 Å². The number of hydrogen-bond donors (Lipinski definition) is 0. The van der Waals surface area contributed by atoms with Crippen molar-refractivity contribution in [1.29, 1.82) is 0 Å². The van der Waals surface area contributed by atoms with E-state index in [2.05, 4.69) is 13.5 Å². The van der Waals surface area contributed by atoms with Crippen molar-refractivity contribution in [2.45, 2.75) is 59.8 Å². The third-order valence-corrected chi connectivity index (χ3v) is 3.89. The number of likely N-dealkylation sites (N-methyl/N-ethyl adjacent to an activating group) is 1. The molecule has 1 saturated carbocycles. The molecule has 18 heavy (non-hydrogen) atoms. The van der Waals surface area contributed by atoms with E-state index in [0.29, 0.717) is 5.92 Å². The molecular formula is C16H31NO. The molecule has 0 aromatic carbocycles. The Morgan fingerprint density at radius 2 is 1.67 bits per heavy atom. The zero-order chi connectivity index (χ0) is 14.0.